The molecular weight excluding hydrogens is 406 g/mol. The Bertz CT molecular complexity index is 1230. The molecule has 3 aromatic heterocycles. The second-order valence-electron chi connectivity index (χ2n) is 6.92. The summed E-state index contributed by atoms with van der Waals surface area (Å²) in [7, 11) is 3.53. The molecule has 4 aromatic rings. The van der Waals surface area contributed by atoms with Gasteiger partial charge in [-0.3, -0.25) is 14.6 Å². The smallest absolute Gasteiger partial charge is 0.274 e. The molecule has 0 aliphatic carbocycles. The molecule has 2 N–H and O–H groups in total. The Morgan fingerprint density at radius 1 is 1.23 bits per heavy atom. The zero-order valence-electron chi connectivity index (χ0n) is 16.7. The van der Waals surface area contributed by atoms with Crippen molar-refractivity contribution in [2.45, 2.75) is 19.4 Å². The van der Waals surface area contributed by atoms with Crippen LogP contribution in [0.15, 0.2) is 41.3 Å². The van der Waals surface area contributed by atoms with E-state index in [1.807, 2.05) is 37.5 Å². The van der Waals surface area contributed by atoms with Gasteiger partial charge in [-0.15, -0.1) is 0 Å². The topological polar surface area (TPSA) is 102 Å². The number of hydrogen-bond acceptors (Lipinski definition) is 6. The van der Waals surface area contributed by atoms with Crippen LogP contribution in [0.1, 0.15) is 17.7 Å². The molecule has 30 heavy (non-hydrogen) atoms. The van der Waals surface area contributed by atoms with E-state index >= 15 is 0 Å². The lowest BCUT2D eigenvalue weighted by atomic mass is 10.1. The lowest BCUT2D eigenvalue weighted by molar-refractivity contribution is 0.195. The number of anilines is 1. The molecule has 0 radical (unpaired) electrons. The number of H-pyrrole nitrogens is 1. The third kappa shape index (κ3) is 4.37. The standard InChI is InChI=1S/C20H22ClN7O2/c1-27-8-7-17(25-27)13-5-6-16(21)14(10-13)12-22-19-24-20-23-15(4-3-9-30-2)11-18(29)28(20)26-19/h5-8,10-11H,3-4,9,12H2,1-2H3,(H2,22,23,24,26). The normalized spacial score (nSPS) is 11.3. The number of ether oxygens (including phenoxy) is 1. The van der Waals surface area contributed by atoms with Crippen LogP contribution in [0.25, 0.3) is 17.0 Å². The molecule has 3 heterocycles. The maximum Gasteiger partial charge on any atom is 0.274 e. The Morgan fingerprint density at radius 3 is 2.87 bits per heavy atom. The van der Waals surface area contributed by atoms with Crippen LogP contribution in [-0.2, 0) is 24.8 Å². The molecule has 156 valence electrons. The van der Waals surface area contributed by atoms with E-state index in [0.29, 0.717) is 42.0 Å². The molecule has 4 rings (SSSR count). The summed E-state index contributed by atoms with van der Waals surface area (Å²) < 4.78 is 8.12. The predicted octanol–water partition coefficient (Wildman–Crippen LogP) is 2.66. The third-order valence-electron chi connectivity index (χ3n) is 4.67. The van der Waals surface area contributed by atoms with E-state index in [0.717, 1.165) is 23.2 Å². The van der Waals surface area contributed by atoms with Crippen LogP contribution >= 0.6 is 11.6 Å². The highest BCUT2D eigenvalue weighted by atomic mass is 35.5. The second kappa shape index (κ2) is 8.68. The fraction of sp³-hybridized carbons (Fsp3) is 0.300. The summed E-state index contributed by atoms with van der Waals surface area (Å²) in [5, 5.41) is 11.2. The number of hydrogen-bond donors (Lipinski definition) is 2. The number of aromatic nitrogens is 6. The Morgan fingerprint density at radius 2 is 2.10 bits per heavy atom. The van der Waals surface area contributed by atoms with E-state index in [1.165, 1.54) is 10.6 Å². The van der Waals surface area contributed by atoms with Gasteiger partial charge in [-0.1, -0.05) is 17.7 Å². The van der Waals surface area contributed by atoms with Crippen molar-refractivity contribution in [3.05, 3.63) is 63.2 Å². The summed E-state index contributed by atoms with van der Waals surface area (Å²) in [5.41, 5.74) is 3.22. The summed E-state index contributed by atoms with van der Waals surface area (Å²) >= 11 is 6.37. The Hall–Kier alpha value is -3.17. The second-order valence-corrected chi connectivity index (χ2v) is 7.33. The predicted molar refractivity (Wildman–Crippen MR) is 115 cm³/mol. The van der Waals surface area contributed by atoms with Gasteiger partial charge >= 0.3 is 0 Å². The van der Waals surface area contributed by atoms with Gasteiger partial charge < -0.3 is 10.1 Å². The van der Waals surface area contributed by atoms with Gasteiger partial charge in [0.15, 0.2) is 0 Å². The van der Waals surface area contributed by atoms with Crippen molar-refractivity contribution in [1.82, 2.24) is 29.4 Å². The number of methoxy groups -OCH3 is 1. The Labute approximate surface area is 177 Å². The number of rotatable bonds is 8. The first kappa shape index (κ1) is 20.1. The molecule has 0 aliphatic heterocycles. The van der Waals surface area contributed by atoms with Crippen LogP contribution in [0.2, 0.25) is 5.02 Å². The molecule has 1 aromatic carbocycles. The van der Waals surface area contributed by atoms with Crippen molar-refractivity contribution in [2.75, 3.05) is 19.0 Å². The number of aryl methyl sites for hydroxylation is 2. The highest BCUT2D eigenvalue weighted by Gasteiger charge is 2.10. The van der Waals surface area contributed by atoms with Crippen molar-refractivity contribution in [3.8, 4) is 11.3 Å². The highest BCUT2D eigenvalue weighted by Crippen LogP contribution is 2.24. The minimum Gasteiger partial charge on any atom is -0.385 e. The van der Waals surface area contributed by atoms with Gasteiger partial charge in [-0.25, -0.2) is 4.98 Å². The molecule has 0 bridgehead atoms. The molecule has 0 fully saturated rings. The van der Waals surface area contributed by atoms with Gasteiger partial charge in [0.25, 0.3) is 11.3 Å². The molecule has 0 saturated heterocycles. The van der Waals surface area contributed by atoms with E-state index < -0.39 is 0 Å². The molecule has 10 heteroatoms. The number of benzene rings is 1. The molecule has 0 atom stereocenters. The lowest BCUT2D eigenvalue weighted by Gasteiger charge is -2.07. The van der Waals surface area contributed by atoms with Crippen LogP contribution in [-0.4, -0.2) is 43.1 Å². The minimum absolute atomic E-state index is 0.205. The maximum atomic E-state index is 12.3. The molecule has 0 aliphatic rings. The summed E-state index contributed by atoms with van der Waals surface area (Å²) in [6.07, 6.45) is 3.34. The maximum absolute atomic E-state index is 12.3. The summed E-state index contributed by atoms with van der Waals surface area (Å²) in [4.78, 5) is 21.2. The average Bonchev–Trinajstić information content (AvgIpc) is 3.34. The van der Waals surface area contributed by atoms with E-state index in [2.05, 4.69) is 25.5 Å². The van der Waals surface area contributed by atoms with Crippen molar-refractivity contribution >= 4 is 23.3 Å². The number of nitrogens with one attached hydrogen (secondary N) is 2. The van der Waals surface area contributed by atoms with Crippen molar-refractivity contribution in [1.29, 1.82) is 0 Å². The number of halogens is 1. The number of nitrogens with zero attached hydrogens (tertiary/aromatic N) is 5. The first-order chi connectivity index (χ1) is 14.5. The van der Waals surface area contributed by atoms with E-state index in [1.54, 1.807) is 11.8 Å². The largest absolute Gasteiger partial charge is 0.385 e. The molecule has 0 amide bonds. The van der Waals surface area contributed by atoms with Gasteiger partial charge in [-0.05, 0) is 36.6 Å². The van der Waals surface area contributed by atoms with Crippen molar-refractivity contribution in [2.24, 2.45) is 7.05 Å². The summed E-state index contributed by atoms with van der Waals surface area (Å²) in [6.45, 7) is 1.04. The van der Waals surface area contributed by atoms with Crippen LogP contribution in [0, 0.1) is 0 Å². The molecule has 0 unspecified atom stereocenters. The molecular formula is C20H22ClN7O2. The Balaban J connectivity index is 1.52. The molecule has 9 nitrogen and oxygen atoms in total. The first-order valence-electron chi connectivity index (χ1n) is 9.53. The van der Waals surface area contributed by atoms with E-state index in [-0.39, 0.29) is 5.56 Å². The third-order valence-corrected chi connectivity index (χ3v) is 5.04. The monoisotopic (exact) mass is 427 g/mol. The van der Waals surface area contributed by atoms with Gasteiger partial charge in [0.1, 0.15) is 0 Å². The summed E-state index contributed by atoms with van der Waals surface area (Å²) in [6, 6.07) is 9.22. The van der Waals surface area contributed by atoms with Gasteiger partial charge in [0.05, 0.1) is 11.4 Å². The van der Waals surface area contributed by atoms with Crippen LogP contribution in [0.4, 0.5) is 5.95 Å². The van der Waals surface area contributed by atoms with Crippen LogP contribution in [0.5, 0.6) is 0 Å². The lowest BCUT2D eigenvalue weighted by Crippen LogP contribution is -2.16. The summed E-state index contributed by atoms with van der Waals surface area (Å²) in [5.74, 6) is 0.763. The molecule has 0 saturated carbocycles. The van der Waals surface area contributed by atoms with Gasteiger partial charge in [0, 0.05) is 50.2 Å². The minimum atomic E-state index is -0.205. The first-order valence-corrected chi connectivity index (χ1v) is 9.91. The van der Waals surface area contributed by atoms with E-state index in [4.69, 9.17) is 16.3 Å². The number of aromatic amines is 1. The average molecular weight is 428 g/mol. The van der Waals surface area contributed by atoms with Crippen LogP contribution in [0.3, 0.4) is 0 Å². The van der Waals surface area contributed by atoms with Gasteiger partial charge in [-0.2, -0.15) is 14.6 Å². The van der Waals surface area contributed by atoms with Crippen molar-refractivity contribution < 1.29 is 4.74 Å². The molecule has 0 spiro atoms. The zero-order valence-corrected chi connectivity index (χ0v) is 17.5. The SMILES string of the molecule is COCCCc1cc(=O)n2[nH]c(NCc3cc(-c4ccn(C)n4)ccc3Cl)nc2n1. The fourth-order valence-corrected chi connectivity index (χ4v) is 3.33. The van der Waals surface area contributed by atoms with Crippen molar-refractivity contribution in [3.63, 3.8) is 0 Å². The number of fused-ring (bicyclic) bond motifs is 1. The quantitative estimate of drug-likeness (QED) is 0.419. The zero-order chi connectivity index (χ0) is 21.1. The van der Waals surface area contributed by atoms with Crippen LogP contribution < -0.4 is 10.9 Å². The highest BCUT2D eigenvalue weighted by molar-refractivity contribution is 6.31. The van der Waals surface area contributed by atoms with Gasteiger partial charge in [0.2, 0.25) is 5.95 Å². The fourth-order valence-electron chi connectivity index (χ4n) is 3.15. The Kier molecular flexibility index (Phi) is 5.82. The van der Waals surface area contributed by atoms with E-state index in [9.17, 15) is 4.79 Å².